The van der Waals surface area contributed by atoms with Gasteiger partial charge in [-0.1, -0.05) is 30.3 Å². The Morgan fingerprint density at radius 2 is 1.66 bits per heavy atom. The zero-order valence-corrected chi connectivity index (χ0v) is 24.5. The van der Waals surface area contributed by atoms with E-state index in [1.165, 1.54) is 48.5 Å². The molecule has 0 aliphatic rings. The fourth-order valence-electron chi connectivity index (χ4n) is 5.11. The number of nitrogens with zero attached hydrogens (tertiary/aromatic N) is 3. The molecule has 3 aromatic heterocycles. The number of aromatic amines is 1. The Hall–Kier alpha value is -5.01. The van der Waals surface area contributed by atoms with E-state index in [4.69, 9.17) is 10.2 Å². The van der Waals surface area contributed by atoms with Gasteiger partial charge < -0.3 is 10.2 Å². The molecule has 6 rings (SSSR count). The van der Waals surface area contributed by atoms with Crippen LogP contribution in [-0.4, -0.2) is 34.6 Å². The van der Waals surface area contributed by atoms with E-state index in [0.717, 1.165) is 6.07 Å². The molecule has 0 saturated carbocycles. The van der Waals surface area contributed by atoms with Crippen molar-refractivity contribution in [2.75, 3.05) is 5.73 Å². The molecule has 10 nitrogen and oxygen atoms in total. The van der Waals surface area contributed by atoms with Gasteiger partial charge in [0.25, 0.3) is 0 Å². The normalized spacial score (nSPS) is 12.8. The van der Waals surface area contributed by atoms with Crippen LogP contribution in [0.25, 0.3) is 44.4 Å². The number of nitrogens with one attached hydrogen (secondary N) is 2. The average Bonchev–Trinajstić information content (AvgIpc) is 3.41. The van der Waals surface area contributed by atoms with Crippen molar-refractivity contribution in [2.24, 2.45) is 0 Å². The maximum atomic E-state index is 14.8. The highest BCUT2D eigenvalue weighted by Crippen LogP contribution is 2.36. The Bertz CT molecular complexity index is 2230. The van der Waals surface area contributed by atoms with E-state index >= 15 is 0 Å². The summed E-state index contributed by atoms with van der Waals surface area (Å²) in [7, 11) is -3.68. The van der Waals surface area contributed by atoms with E-state index in [9.17, 15) is 22.0 Å². The molecule has 0 fully saturated rings. The van der Waals surface area contributed by atoms with Crippen molar-refractivity contribution in [1.82, 2.24) is 24.9 Å². The van der Waals surface area contributed by atoms with Crippen LogP contribution in [0, 0.1) is 11.6 Å². The summed E-state index contributed by atoms with van der Waals surface area (Å²) in [5.41, 5.74) is 7.23. The predicted molar refractivity (Wildman–Crippen MR) is 162 cm³/mol. The summed E-state index contributed by atoms with van der Waals surface area (Å²) in [4.78, 5) is 22.8. The highest BCUT2D eigenvalue weighted by molar-refractivity contribution is 7.89. The summed E-state index contributed by atoms with van der Waals surface area (Å²) in [5, 5.41) is 7.34. The maximum absolute atomic E-state index is 14.8. The lowest BCUT2D eigenvalue weighted by molar-refractivity contribution is 0.512. The highest BCUT2D eigenvalue weighted by Gasteiger charge is 2.27. The number of halogens is 2. The van der Waals surface area contributed by atoms with Gasteiger partial charge in [0.15, 0.2) is 5.65 Å². The monoisotopic (exact) mass is 616 g/mol. The van der Waals surface area contributed by atoms with Crippen LogP contribution in [0.2, 0.25) is 0 Å². The summed E-state index contributed by atoms with van der Waals surface area (Å²) < 4.78 is 62.7. The van der Waals surface area contributed by atoms with Crippen LogP contribution in [0.1, 0.15) is 38.3 Å². The van der Waals surface area contributed by atoms with Crippen LogP contribution in [-0.2, 0) is 10.0 Å². The fraction of sp³-hybridized carbons (Fsp3) is 0.161. The van der Waals surface area contributed by atoms with Crippen LogP contribution in [0.4, 0.5) is 14.6 Å². The van der Waals surface area contributed by atoms with Crippen molar-refractivity contribution < 1.29 is 21.6 Å². The van der Waals surface area contributed by atoms with Gasteiger partial charge in [0.1, 0.15) is 40.0 Å². The molecule has 13 heteroatoms. The number of nitrogens with two attached hydrogens (primary N) is 1. The lowest BCUT2D eigenvalue weighted by atomic mass is 9.95. The molecule has 1 atom stereocenters. The molecule has 0 aliphatic carbocycles. The van der Waals surface area contributed by atoms with Crippen LogP contribution in [0.3, 0.4) is 0 Å². The standard InChI is InChI=1S/C31H26F2N6O4S/c1-15(2)39-44(41,42)20-12-10-17(11-13-20)26-25-29(34)35-30(36-31(25)38-37-26)16(3)28-23(18-6-4-7-19(32)14-18)27(40)24-21(33)8-5-9-22(24)43-28/h4-16,39H,1-3H3,(H3,34,35,36,37,38). The Labute approximate surface area is 250 Å². The lowest BCUT2D eigenvalue weighted by Gasteiger charge is -2.16. The van der Waals surface area contributed by atoms with Gasteiger partial charge in [0.2, 0.25) is 15.5 Å². The number of anilines is 1. The first-order chi connectivity index (χ1) is 20.9. The summed E-state index contributed by atoms with van der Waals surface area (Å²) in [6, 6.07) is 15.3. The van der Waals surface area contributed by atoms with Gasteiger partial charge in [-0.05, 0) is 62.7 Å². The Morgan fingerprint density at radius 3 is 2.36 bits per heavy atom. The number of rotatable bonds is 7. The zero-order chi connectivity index (χ0) is 31.3. The van der Waals surface area contributed by atoms with E-state index < -0.39 is 33.0 Å². The lowest BCUT2D eigenvalue weighted by Crippen LogP contribution is -2.30. The third-order valence-electron chi connectivity index (χ3n) is 7.09. The molecule has 0 aliphatic heterocycles. The molecular weight excluding hydrogens is 590 g/mol. The summed E-state index contributed by atoms with van der Waals surface area (Å²) in [6.07, 6.45) is 0. The summed E-state index contributed by atoms with van der Waals surface area (Å²) in [6.45, 7) is 5.15. The van der Waals surface area contributed by atoms with E-state index in [0.29, 0.717) is 16.6 Å². The number of hydrogen-bond donors (Lipinski definition) is 3. The number of H-pyrrole nitrogens is 1. The van der Waals surface area contributed by atoms with Crippen LogP contribution >= 0.6 is 0 Å². The number of hydrogen-bond acceptors (Lipinski definition) is 8. The van der Waals surface area contributed by atoms with Crippen LogP contribution in [0.15, 0.2) is 80.8 Å². The molecule has 3 heterocycles. The van der Waals surface area contributed by atoms with E-state index in [1.54, 1.807) is 32.9 Å². The van der Waals surface area contributed by atoms with Crippen molar-refractivity contribution in [3.05, 3.63) is 100 Å². The minimum absolute atomic E-state index is 0.0159. The average molecular weight is 617 g/mol. The maximum Gasteiger partial charge on any atom is 0.240 e. The van der Waals surface area contributed by atoms with Crippen LogP contribution < -0.4 is 15.9 Å². The van der Waals surface area contributed by atoms with E-state index in [-0.39, 0.29) is 56.1 Å². The Morgan fingerprint density at radius 1 is 0.932 bits per heavy atom. The number of sulfonamides is 1. The quantitative estimate of drug-likeness (QED) is 0.212. The number of aromatic nitrogens is 4. The molecule has 0 amide bonds. The van der Waals surface area contributed by atoms with Crippen molar-refractivity contribution in [1.29, 1.82) is 0 Å². The summed E-state index contributed by atoms with van der Waals surface area (Å²) in [5.74, 6) is -1.81. The molecule has 0 saturated heterocycles. The van der Waals surface area contributed by atoms with Crippen molar-refractivity contribution in [3.63, 3.8) is 0 Å². The third kappa shape index (κ3) is 5.09. The van der Waals surface area contributed by atoms with E-state index in [1.807, 2.05) is 0 Å². The van der Waals surface area contributed by atoms with Gasteiger partial charge in [-0.15, -0.1) is 0 Å². The Kier molecular flexibility index (Phi) is 7.22. The van der Waals surface area contributed by atoms with Crippen LogP contribution in [0.5, 0.6) is 0 Å². The van der Waals surface area contributed by atoms with Gasteiger partial charge in [-0.2, -0.15) is 5.10 Å². The van der Waals surface area contributed by atoms with Gasteiger partial charge in [-0.3, -0.25) is 9.89 Å². The second kappa shape index (κ2) is 10.9. The molecular formula is C31H26F2N6O4S. The SMILES string of the molecule is CC(C)NS(=O)(=O)c1ccc(-c2[nH]nc3nc(C(C)c4oc5cccc(F)c5c(=O)c4-c4cccc(F)c4)nc(N)c23)cc1. The highest BCUT2D eigenvalue weighted by atomic mass is 32.2. The predicted octanol–water partition coefficient (Wildman–Crippen LogP) is 5.49. The number of fused-ring (bicyclic) bond motifs is 2. The summed E-state index contributed by atoms with van der Waals surface area (Å²) >= 11 is 0. The number of benzene rings is 3. The van der Waals surface area contributed by atoms with Gasteiger partial charge in [-0.25, -0.2) is 31.9 Å². The minimum Gasteiger partial charge on any atom is -0.459 e. The molecule has 6 aromatic rings. The molecule has 1 unspecified atom stereocenters. The molecule has 44 heavy (non-hydrogen) atoms. The largest absolute Gasteiger partial charge is 0.459 e. The Balaban J connectivity index is 1.45. The second-order valence-corrected chi connectivity index (χ2v) is 12.3. The van der Waals surface area contributed by atoms with E-state index in [2.05, 4.69) is 24.9 Å². The first-order valence-electron chi connectivity index (χ1n) is 13.6. The second-order valence-electron chi connectivity index (χ2n) is 10.6. The zero-order valence-electron chi connectivity index (χ0n) is 23.7. The molecule has 0 radical (unpaired) electrons. The molecule has 0 bridgehead atoms. The molecule has 3 aromatic carbocycles. The minimum atomic E-state index is -3.68. The smallest absolute Gasteiger partial charge is 0.240 e. The molecule has 0 spiro atoms. The van der Waals surface area contributed by atoms with Gasteiger partial charge >= 0.3 is 0 Å². The molecule has 224 valence electrons. The van der Waals surface area contributed by atoms with Crippen molar-refractivity contribution in [2.45, 2.75) is 37.6 Å². The third-order valence-corrected chi connectivity index (χ3v) is 8.77. The first-order valence-corrected chi connectivity index (χ1v) is 15.1. The first kappa shape index (κ1) is 29.1. The van der Waals surface area contributed by atoms with Gasteiger partial charge in [0, 0.05) is 11.6 Å². The number of nitrogen functional groups attached to an aromatic ring is 1. The topological polar surface area (TPSA) is 157 Å². The van der Waals surface area contributed by atoms with Crippen molar-refractivity contribution >= 4 is 37.8 Å². The van der Waals surface area contributed by atoms with Gasteiger partial charge in [0.05, 0.1) is 27.5 Å². The molecule has 4 N–H and O–H groups in total. The van der Waals surface area contributed by atoms with Crippen molar-refractivity contribution in [3.8, 4) is 22.4 Å². The fourth-order valence-corrected chi connectivity index (χ4v) is 6.36.